The second-order valence-electron chi connectivity index (χ2n) is 4.96. The number of hydrogen-bond acceptors (Lipinski definition) is 2. The molecule has 0 aliphatic heterocycles. The second-order valence-corrected chi connectivity index (χ2v) is 4.96. The van der Waals surface area contributed by atoms with E-state index in [9.17, 15) is 9.90 Å². The molecule has 0 heterocycles. The van der Waals surface area contributed by atoms with Crippen LogP contribution in [0.2, 0.25) is 0 Å². The van der Waals surface area contributed by atoms with E-state index in [1.165, 1.54) is 25.7 Å². The summed E-state index contributed by atoms with van der Waals surface area (Å²) >= 11 is 0. The fourth-order valence-corrected chi connectivity index (χ4v) is 3.27. The molecule has 3 heteroatoms. The highest BCUT2D eigenvalue weighted by atomic mass is 16.4. The maximum absolute atomic E-state index is 11.2. The van der Waals surface area contributed by atoms with Crippen LogP contribution in [0.15, 0.2) is 0 Å². The fraction of sp³-hybridized carbons (Fsp3) is 0.909. The molecule has 2 fully saturated rings. The van der Waals surface area contributed by atoms with Crippen molar-refractivity contribution in [3.8, 4) is 0 Å². The zero-order valence-electron chi connectivity index (χ0n) is 8.59. The quantitative estimate of drug-likeness (QED) is 0.709. The minimum absolute atomic E-state index is 0.0735. The number of nitrogens with two attached hydrogens (primary N) is 1. The van der Waals surface area contributed by atoms with Crippen LogP contribution in [0, 0.1) is 10.8 Å². The van der Waals surface area contributed by atoms with E-state index in [1.807, 2.05) is 0 Å². The van der Waals surface area contributed by atoms with Crippen molar-refractivity contribution < 1.29 is 9.90 Å². The number of rotatable bonds is 2. The highest BCUT2D eigenvalue weighted by Gasteiger charge is 2.70. The van der Waals surface area contributed by atoms with Crippen LogP contribution in [-0.4, -0.2) is 17.6 Å². The van der Waals surface area contributed by atoms with Crippen molar-refractivity contribution in [1.82, 2.24) is 0 Å². The summed E-state index contributed by atoms with van der Waals surface area (Å²) in [5, 5.41) is 9.23. The van der Waals surface area contributed by atoms with Gasteiger partial charge in [0.25, 0.3) is 0 Å². The second kappa shape index (κ2) is 3.23. The molecule has 0 saturated heterocycles. The zero-order valence-corrected chi connectivity index (χ0v) is 8.59. The molecule has 1 unspecified atom stereocenters. The molecule has 0 bridgehead atoms. The average Bonchev–Trinajstić information content (AvgIpc) is 2.87. The van der Waals surface area contributed by atoms with E-state index in [-0.39, 0.29) is 5.41 Å². The molecule has 2 rings (SSSR count). The third-order valence-electron chi connectivity index (χ3n) is 4.35. The Bertz CT molecular complexity index is 244. The van der Waals surface area contributed by atoms with Crippen LogP contribution in [0.4, 0.5) is 0 Å². The molecule has 2 saturated carbocycles. The number of carboxylic acid groups (broad SMARTS) is 1. The molecule has 3 nitrogen and oxygen atoms in total. The van der Waals surface area contributed by atoms with Gasteiger partial charge in [0.2, 0.25) is 0 Å². The van der Waals surface area contributed by atoms with Crippen molar-refractivity contribution in [3.63, 3.8) is 0 Å². The Hall–Kier alpha value is -0.570. The highest BCUT2D eigenvalue weighted by Crippen LogP contribution is 2.69. The third-order valence-corrected chi connectivity index (χ3v) is 4.35. The first-order valence-electron chi connectivity index (χ1n) is 5.60. The Morgan fingerprint density at radius 2 is 1.79 bits per heavy atom. The van der Waals surface area contributed by atoms with Crippen LogP contribution in [-0.2, 0) is 4.79 Å². The molecule has 0 aromatic rings. The van der Waals surface area contributed by atoms with Crippen molar-refractivity contribution >= 4 is 5.97 Å². The van der Waals surface area contributed by atoms with Gasteiger partial charge in [-0.3, -0.25) is 4.79 Å². The maximum Gasteiger partial charge on any atom is 0.311 e. The van der Waals surface area contributed by atoms with Gasteiger partial charge in [0.15, 0.2) is 0 Å². The first-order valence-corrected chi connectivity index (χ1v) is 5.60. The normalized spacial score (nSPS) is 35.2. The van der Waals surface area contributed by atoms with E-state index < -0.39 is 11.4 Å². The Morgan fingerprint density at radius 3 is 2.14 bits per heavy atom. The van der Waals surface area contributed by atoms with Crippen LogP contribution in [0.1, 0.15) is 44.9 Å². The molecule has 80 valence electrons. The third kappa shape index (κ3) is 1.18. The Balaban J connectivity index is 2.15. The smallest absolute Gasteiger partial charge is 0.311 e. The van der Waals surface area contributed by atoms with Crippen LogP contribution in [0.3, 0.4) is 0 Å². The molecule has 0 amide bonds. The summed E-state index contributed by atoms with van der Waals surface area (Å²) in [6.45, 7) is 0.322. The SMILES string of the molecule is NCC1(C(=O)O)CC12CCCCCC2. The van der Waals surface area contributed by atoms with E-state index in [2.05, 4.69) is 0 Å². The van der Waals surface area contributed by atoms with Crippen LogP contribution >= 0.6 is 0 Å². The van der Waals surface area contributed by atoms with Gasteiger partial charge < -0.3 is 10.8 Å². The molecule has 2 aliphatic rings. The lowest BCUT2D eigenvalue weighted by atomic mass is 9.86. The minimum atomic E-state index is -0.665. The number of aliphatic carboxylic acids is 1. The maximum atomic E-state index is 11.2. The molecule has 3 N–H and O–H groups in total. The molecular formula is C11H19NO2. The molecule has 2 aliphatic carbocycles. The van der Waals surface area contributed by atoms with Crippen LogP contribution in [0.5, 0.6) is 0 Å². The van der Waals surface area contributed by atoms with Gasteiger partial charge in [-0.05, 0) is 24.7 Å². The standard InChI is InChI=1S/C11H19NO2/c12-8-11(9(13)14)7-10(11)5-3-1-2-4-6-10/h1-8,12H2,(H,13,14). The summed E-state index contributed by atoms with van der Waals surface area (Å²) < 4.78 is 0. The van der Waals surface area contributed by atoms with Crippen molar-refractivity contribution in [3.05, 3.63) is 0 Å². The van der Waals surface area contributed by atoms with Crippen molar-refractivity contribution in [1.29, 1.82) is 0 Å². The van der Waals surface area contributed by atoms with E-state index in [4.69, 9.17) is 5.73 Å². The van der Waals surface area contributed by atoms with E-state index in [0.717, 1.165) is 19.3 Å². The Morgan fingerprint density at radius 1 is 1.21 bits per heavy atom. The van der Waals surface area contributed by atoms with Gasteiger partial charge in [0.1, 0.15) is 0 Å². The summed E-state index contributed by atoms with van der Waals surface area (Å²) in [6.07, 6.45) is 7.90. The van der Waals surface area contributed by atoms with Crippen LogP contribution in [0.25, 0.3) is 0 Å². The molecule has 0 aromatic heterocycles. The van der Waals surface area contributed by atoms with Gasteiger partial charge in [-0.25, -0.2) is 0 Å². The molecule has 1 spiro atoms. The van der Waals surface area contributed by atoms with Gasteiger partial charge in [0, 0.05) is 6.54 Å². The molecule has 0 radical (unpaired) electrons. The predicted octanol–water partition coefficient (Wildman–Crippen LogP) is 1.76. The molecule has 1 atom stereocenters. The van der Waals surface area contributed by atoms with Crippen molar-refractivity contribution in [2.45, 2.75) is 44.9 Å². The van der Waals surface area contributed by atoms with Crippen molar-refractivity contribution in [2.75, 3.05) is 6.54 Å². The van der Waals surface area contributed by atoms with E-state index in [0.29, 0.717) is 6.54 Å². The summed E-state index contributed by atoms with van der Waals surface area (Å²) in [5.41, 5.74) is 5.16. The monoisotopic (exact) mass is 197 g/mol. The first kappa shape index (κ1) is 9.97. The Kier molecular flexibility index (Phi) is 2.30. The summed E-state index contributed by atoms with van der Waals surface area (Å²) in [7, 11) is 0. The highest BCUT2D eigenvalue weighted by molar-refractivity contribution is 5.80. The summed E-state index contributed by atoms with van der Waals surface area (Å²) in [6, 6.07) is 0. The lowest BCUT2D eigenvalue weighted by molar-refractivity contribution is -0.144. The number of hydrogen-bond donors (Lipinski definition) is 2. The number of carbonyl (C=O) groups is 1. The zero-order chi connectivity index (χ0) is 10.2. The van der Waals surface area contributed by atoms with Gasteiger partial charge in [0.05, 0.1) is 5.41 Å². The molecule has 14 heavy (non-hydrogen) atoms. The minimum Gasteiger partial charge on any atom is -0.481 e. The molecule has 0 aromatic carbocycles. The topological polar surface area (TPSA) is 63.3 Å². The Labute approximate surface area is 84.7 Å². The van der Waals surface area contributed by atoms with E-state index >= 15 is 0 Å². The average molecular weight is 197 g/mol. The van der Waals surface area contributed by atoms with Gasteiger partial charge >= 0.3 is 5.97 Å². The number of carboxylic acids is 1. The summed E-state index contributed by atoms with van der Waals surface area (Å²) in [5.74, 6) is -0.665. The first-order chi connectivity index (χ1) is 6.67. The van der Waals surface area contributed by atoms with Gasteiger partial charge in [-0.1, -0.05) is 25.7 Å². The van der Waals surface area contributed by atoms with Gasteiger partial charge in [-0.2, -0.15) is 0 Å². The van der Waals surface area contributed by atoms with Crippen LogP contribution < -0.4 is 5.73 Å². The lowest BCUT2D eigenvalue weighted by Gasteiger charge is -2.19. The summed E-state index contributed by atoms with van der Waals surface area (Å²) in [4.78, 5) is 11.2. The molecular weight excluding hydrogens is 178 g/mol. The van der Waals surface area contributed by atoms with Crippen molar-refractivity contribution in [2.24, 2.45) is 16.6 Å². The lowest BCUT2D eigenvalue weighted by Crippen LogP contribution is -2.31. The predicted molar refractivity (Wildman–Crippen MR) is 53.9 cm³/mol. The largest absolute Gasteiger partial charge is 0.481 e. The fourth-order valence-electron chi connectivity index (χ4n) is 3.27. The van der Waals surface area contributed by atoms with E-state index in [1.54, 1.807) is 0 Å². The van der Waals surface area contributed by atoms with Gasteiger partial charge in [-0.15, -0.1) is 0 Å².